The molecule has 0 spiro atoms. The molecule has 106 valence electrons. The number of pyridine rings is 1. The maximum absolute atomic E-state index is 14.0. The molecule has 0 atom stereocenters. The maximum atomic E-state index is 14.0. The molecule has 1 N–H and O–H groups in total. The summed E-state index contributed by atoms with van der Waals surface area (Å²) in [4.78, 5) is 15.5. The largest absolute Gasteiger partial charge is 0.475 e. The Labute approximate surface area is 124 Å². The normalized spacial score (nSPS) is 10.9. The summed E-state index contributed by atoms with van der Waals surface area (Å²) in [7, 11) is 0. The van der Waals surface area contributed by atoms with Crippen molar-refractivity contribution in [2.75, 3.05) is 0 Å². The number of carbonyl (C=O) groups is 1. The highest BCUT2D eigenvalue weighted by Gasteiger charge is 2.14. The van der Waals surface area contributed by atoms with Crippen LogP contribution in [-0.2, 0) is 5.75 Å². The van der Waals surface area contributed by atoms with Gasteiger partial charge in [-0.05, 0) is 11.6 Å². The molecule has 3 rings (SSSR count). The predicted molar refractivity (Wildman–Crippen MR) is 78.1 cm³/mol. The summed E-state index contributed by atoms with van der Waals surface area (Å²) in [6, 6.07) is 11.2. The molecule has 2 aromatic heterocycles. The van der Waals surface area contributed by atoms with Crippen molar-refractivity contribution in [3.63, 3.8) is 0 Å². The van der Waals surface area contributed by atoms with Gasteiger partial charge in [-0.2, -0.15) is 0 Å². The molecule has 1 aromatic carbocycles. The van der Waals surface area contributed by atoms with Crippen LogP contribution in [0.2, 0.25) is 0 Å². The summed E-state index contributed by atoms with van der Waals surface area (Å²) in [5.74, 6) is -1.16. The molecule has 0 aliphatic heterocycles. The summed E-state index contributed by atoms with van der Waals surface area (Å²) >= 11 is 1.44. The molecule has 0 saturated carbocycles. The zero-order valence-electron chi connectivity index (χ0n) is 10.9. The van der Waals surface area contributed by atoms with Gasteiger partial charge in [-0.1, -0.05) is 30.3 Å². The van der Waals surface area contributed by atoms with Crippen LogP contribution in [-0.4, -0.2) is 20.5 Å². The third-order valence-electron chi connectivity index (χ3n) is 3.01. The lowest BCUT2D eigenvalue weighted by Gasteiger charge is -2.05. The van der Waals surface area contributed by atoms with Gasteiger partial charge in [-0.3, -0.25) is 4.40 Å². The Kier molecular flexibility index (Phi) is 3.62. The molecule has 0 aliphatic carbocycles. The number of carboxylic acids is 1. The van der Waals surface area contributed by atoms with Crippen LogP contribution >= 0.6 is 11.8 Å². The van der Waals surface area contributed by atoms with Gasteiger partial charge in [0.2, 0.25) is 5.82 Å². The number of halogens is 1. The van der Waals surface area contributed by atoms with Gasteiger partial charge < -0.3 is 5.11 Å². The molecule has 0 saturated heterocycles. The highest BCUT2D eigenvalue weighted by atomic mass is 32.2. The Morgan fingerprint density at radius 3 is 2.81 bits per heavy atom. The van der Waals surface area contributed by atoms with Crippen molar-refractivity contribution in [2.24, 2.45) is 0 Å². The predicted octanol–water partition coefficient (Wildman–Crippen LogP) is 3.46. The summed E-state index contributed by atoms with van der Waals surface area (Å²) in [6.45, 7) is 0. The van der Waals surface area contributed by atoms with Gasteiger partial charge >= 0.3 is 5.97 Å². The number of hydrogen-bond acceptors (Lipinski definition) is 3. The van der Waals surface area contributed by atoms with Crippen molar-refractivity contribution in [2.45, 2.75) is 10.6 Å². The van der Waals surface area contributed by atoms with Crippen molar-refractivity contribution < 1.29 is 14.3 Å². The second-order valence-corrected chi connectivity index (χ2v) is 5.49. The number of nitrogens with zero attached hydrogens (tertiary/aromatic N) is 2. The SMILES string of the molecule is O=C(O)c1ncc2c(F)cc(SCc3ccccc3)cn12. The minimum atomic E-state index is -1.18. The Balaban J connectivity index is 1.92. The number of benzene rings is 1. The van der Waals surface area contributed by atoms with E-state index in [0.717, 1.165) is 5.56 Å². The molecule has 0 fully saturated rings. The topological polar surface area (TPSA) is 54.6 Å². The summed E-state index contributed by atoms with van der Waals surface area (Å²) in [6.07, 6.45) is 2.83. The van der Waals surface area contributed by atoms with Gasteiger partial charge in [0.05, 0.1) is 6.20 Å². The molecule has 3 aromatic rings. The summed E-state index contributed by atoms with van der Waals surface area (Å²) < 4.78 is 15.3. The second kappa shape index (κ2) is 5.57. The van der Waals surface area contributed by atoms with Crippen LogP contribution in [0.25, 0.3) is 5.52 Å². The minimum absolute atomic E-state index is 0.163. The van der Waals surface area contributed by atoms with E-state index < -0.39 is 11.8 Å². The van der Waals surface area contributed by atoms with Crippen LogP contribution in [0.1, 0.15) is 16.2 Å². The summed E-state index contributed by atoms with van der Waals surface area (Å²) in [5.41, 5.74) is 1.28. The maximum Gasteiger partial charge on any atom is 0.372 e. The van der Waals surface area contributed by atoms with Gasteiger partial charge in [0.15, 0.2) is 0 Å². The highest BCUT2D eigenvalue weighted by Crippen LogP contribution is 2.25. The van der Waals surface area contributed by atoms with Crippen LogP contribution in [0.5, 0.6) is 0 Å². The second-order valence-electron chi connectivity index (χ2n) is 4.44. The lowest BCUT2D eigenvalue weighted by molar-refractivity contribution is 0.0682. The van der Waals surface area contributed by atoms with Crippen LogP contribution in [0.3, 0.4) is 0 Å². The van der Waals surface area contributed by atoms with Crippen LogP contribution in [0.4, 0.5) is 4.39 Å². The van der Waals surface area contributed by atoms with E-state index in [1.54, 1.807) is 6.20 Å². The van der Waals surface area contributed by atoms with E-state index in [1.807, 2.05) is 30.3 Å². The molecule has 2 heterocycles. The zero-order valence-corrected chi connectivity index (χ0v) is 11.7. The summed E-state index contributed by atoms with van der Waals surface area (Å²) in [5, 5.41) is 9.05. The standard InChI is InChI=1S/C15H11FN2O2S/c16-12-6-11(21-9-10-4-2-1-3-5-10)8-18-13(12)7-17-14(18)15(19)20/h1-8H,9H2,(H,19,20). The lowest BCUT2D eigenvalue weighted by atomic mass is 10.2. The Morgan fingerprint density at radius 1 is 1.33 bits per heavy atom. The fraction of sp³-hybridized carbons (Fsp3) is 0.0667. The number of aromatic nitrogens is 2. The number of hydrogen-bond donors (Lipinski definition) is 1. The van der Waals surface area contributed by atoms with Gasteiger partial charge in [0.1, 0.15) is 11.3 Å². The first-order valence-corrected chi connectivity index (χ1v) is 7.20. The molecule has 0 aliphatic rings. The molecule has 21 heavy (non-hydrogen) atoms. The Bertz CT molecular complexity index is 802. The van der Waals surface area contributed by atoms with Crippen LogP contribution in [0.15, 0.2) is 53.7 Å². The lowest BCUT2D eigenvalue weighted by Crippen LogP contribution is -2.04. The van der Waals surface area contributed by atoms with E-state index in [0.29, 0.717) is 10.6 Å². The first kappa shape index (κ1) is 13.6. The monoisotopic (exact) mass is 302 g/mol. The number of carboxylic acid groups (broad SMARTS) is 1. The zero-order chi connectivity index (χ0) is 14.8. The van der Waals surface area contributed by atoms with E-state index in [9.17, 15) is 9.18 Å². The molecule has 0 unspecified atom stereocenters. The average Bonchev–Trinajstić information content (AvgIpc) is 2.91. The van der Waals surface area contributed by atoms with E-state index in [4.69, 9.17) is 5.11 Å². The first-order chi connectivity index (χ1) is 10.1. The smallest absolute Gasteiger partial charge is 0.372 e. The first-order valence-electron chi connectivity index (χ1n) is 6.22. The molecule has 0 radical (unpaired) electrons. The van der Waals surface area contributed by atoms with Gasteiger partial charge in [0.25, 0.3) is 0 Å². The molecule has 0 bridgehead atoms. The quantitative estimate of drug-likeness (QED) is 0.750. The van der Waals surface area contributed by atoms with Crippen LogP contribution < -0.4 is 0 Å². The van der Waals surface area contributed by atoms with Gasteiger partial charge in [-0.25, -0.2) is 14.2 Å². The molecular formula is C15H11FN2O2S. The average molecular weight is 302 g/mol. The third-order valence-corrected chi connectivity index (χ3v) is 4.04. The van der Waals surface area contributed by atoms with Crippen molar-refractivity contribution in [1.82, 2.24) is 9.38 Å². The van der Waals surface area contributed by atoms with Crippen molar-refractivity contribution >= 4 is 23.2 Å². The fourth-order valence-electron chi connectivity index (χ4n) is 2.01. The Morgan fingerprint density at radius 2 is 2.10 bits per heavy atom. The number of rotatable bonds is 4. The molecule has 4 nitrogen and oxygen atoms in total. The van der Waals surface area contributed by atoms with E-state index >= 15 is 0 Å². The van der Waals surface area contributed by atoms with Gasteiger partial charge in [-0.15, -0.1) is 11.8 Å². The number of fused-ring (bicyclic) bond motifs is 1. The minimum Gasteiger partial charge on any atom is -0.475 e. The molecular weight excluding hydrogens is 291 g/mol. The number of imidazole rings is 1. The van der Waals surface area contributed by atoms with Crippen molar-refractivity contribution in [3.8, 4) is 0 Å². The molecule has 0 amide bonds. The van der Waals surface area contributed by atoms with Gasteiger partial charge in [0, 0.05) is 16.8 Å². The highest BCUT2D eigenvalue weighted by molar-refractivity contribution is 7.98. The number of aromatic carboxylic acids is 1. The van der Waals surface area contributed by atoms with Crippen molar-refractivity contribution in [1.29, 1.82) is 0 Å². The fourth-order valence-corrected chi connectivity index (χ4v) is 2.90. The molecule has 6 heteroatoms. The van der Waals surface area contributed by atoms with E-state index in [2.05, 4.69) is 4.98 Å². The van der Waals surface area contributed by atoms with Crippen molar-refractivity contribution in [3.05, 3.63) is 66.0 Å². The van der Waals surface area contributed by atoms with Crippen LogP contribution in [0, 0.1) is 5.82 Å². The van der Waals surface area contributed by atoms with E-state index in [-0.39, 0.29) is 11.3 Å². The van der Waals surface area contributed by atoms with E-state index in [1.165, 1.54) is 28.4 Å². The third kappa shape index (κ3) is 2.75. The number of thioether (sulfide) groups is 1. The Hall–Kier alpha value is -2.34.